The fraction of sp³-hybridized carbons (Fsp3) is 0.500. The second kappa shape index (κ2) is 7.30. The number of anilines is 1. The molecule has 1 amide bonds. The van der Waals surface area contributed by atoms with Crippen molar-refractivity contribution in [3.8, 4) is 11.3 Å². The van der Waals surface area contributed by atoms with E-state index in [-0.39, 0.29) is 12.0 Å². The molecule has 4 heterocycles. The summed E-state index contributed by atoms with van der Waals surface area (Å²) in [6, 6.07) is 0. The molecule has 0 radical (unpaired) electrons. The van der Waals surface area contributed by atoms with E-state index < -0.39 is 0 Å². The maximum atomic E-state index is 13.5. The quantitative estimate of drug-likeness (QED) is 0.634. The molecule has 1 saturated heterocycles. The van der Waals surface area contributed by atoms with Crippen molar-refractivity contribution in [2.24, 2.45) is 7.05 Å². The lowest BCUT2D eigenvalue weighted by molar-refractivity contribution is 0.0920. The zero-order valence-corrected chi connectivity index (χ0v) is 18.4. The molecule has 0 aromatic carbocycles. The summed E-state index contributed by atoms with van der Waals surface area (Å²) < 4.78 is 7.77. The van der Waals surface area contributed by atoms with E-state index in [1.807, 2.05) is 36.7 Å². The number of nitrogens with zero attached hydrogens (tertiary/aromatic N) is 5. The molecule has 29 heavy (non-hydrogen) atoms. The van der Waals surface area contributed by atoms with Gasteiger partial charge in [-0.25, -0.2) is 9.97 Å². The second-order valence-corrected chi connectivity index (χ2v) is 9.86. The van der Waals surface area contributed by atoms with Crippen molar-refractivity contribution < 1.29 is 9.53 Å². The number of thiazole rings is 2. The molecule has 0 saturated carbocycles. The molecule has 5 rings (SSSR count). The SMILES string of the molecule is Cc1nc(C)c(C(=O)N(CC2CCCO2)c2nc3c(s2)CCc2c-3cnn2C)s1. The van der Waals surface area contributed by atoms with Gasteiger partial charge in [0.05, 0.1) is 35.2 Å². The molecule has 1 aliphatic heterocycles. The first-order valence-electron chi connectivity index (χ1n) is 9.89. The number of ether oxygens (including phenoxy) is 1. The lowest BCUT2D eigenvalue weighted by atomic mass is 10.0. The van der Waals surface area contributed by atoms with Crippen molar-refractivity contribution in [3.63, 3.8) is 0 Å². The first kappa shape index (κ1) is 18.9. The van der Waals surface area contributed by atoms with Crippen molar-refractivity contribution >= 4 is 33.7 Å². The highest BCUT2D eigenvalue weighted by atomic mass is 32.1. The van der Waals surface area contributed by atoms with Gasteiger partial charge < -0.3 is 4.74 Å². The predicted molar refractivity (Wildman–Crippen MR) is 114 cm³/mol. The summed E-state index contributed by atoms with van der Waals surface area (Å²) in [5, 5.41) is 6.06. The van der Waals surface area contributed by atoms with E-state index in [2.05, 4.69) is 10.1 Å². The molecule has 1 atom stereocenters. The third-order valence-corrected chi connectivity index (χ3v) is 7.77. The van der Waals surface area contributed by atoms with E-state index in [1.54, 1.807) is 11.3 Å². The van der Waals surface area contributed by atoms with Crippen molar-refractivity contribution in [2.75, 3.05) is 18.1 Å². The van der Waals surface area contributed by atoms with Crippen LogP contribution in [0.4, 0.5) is 5.13 Å². The van der Waals surface area contributed by atoms with Gasteiger partial charge in [-0.1, -0.05) is 0 Å². The number of rotatable bonds is 4. The number of hydrogen-bond donors (Lipinski definition) is 0. The Kier molecular flexibility index (Phi) is 4.76. The van der Waals surface area contributed by atoms with Crippen LogP contribution in [0.3, 0.4) is 0 Å². The molecule has 2 aliphatic rings. The Morgan fingerprint density at radius 1 is 1.31 bits per heavy atom. The molecular weight excluding hydrogens is 406 g/mol. The molecule has 1 fully saturated rings. The maximum absolute atomic E-state index is 13.5. The highest BCUT2D eigenvalue weighted by molar-refractivity contribution is 7.16. The van der Waals surface area contributed by atoms with E-state index >= 15 is 0 Å². The van der Waals surface area contributed by atoms with Gasteiger partial charge in [-0.15, -0.1) is 22.7 Å². The van der Waals surface area contributed by atoms with Gasteiger partial charge in [0.15, 0.2) is 5.13 Å². The van der Waals surface area contributed by atoms with Crippen molar-refractivity contribution in [1.29, 1.82) is 0 Å². The Labute approximate surface area is 177 Å². The van der Waals surface area contributed by atoms with Gasteiger partial charge in [0, 0.05) is 29.8 Å². The van der Waals surface area contributed by atoms with Crippen LogP contribution in [0.15, 0.2) is 6.20 Å². The highest BCUT2D eigenvalue weighted by Crippen LogP contribution is 2.40. The van der Waals surface area contributed by atoms with Gasteiger partial charge in [0.2, 0.25) is 0 Å². The maximum Gasteiger partial charge on any atom is 0.272 e. The third-order valence-electron chi connectivity index (χ3n) is 5.58. The topological polar surface area (TPSA) is 73.1 Å². The molecule has 152 valence electrons. The van der Waals surface area contributed by atoms with Crippen LogP contribution in [0.5, 0.6) is 0 Å². The minimum absolute atomic E-state index is 0.0268. The summed E-state index contributed by atoms with van der Waals surface area (Å²) in [6.07, 6.45) is 5.84. The summed E-state index contributed by atoms with van der Waals surface area (Å²) in [5.41, 5.74) is 4.05. The van der Waals surface area contributed by atoms with Crippen molar-refractivity contribution in [3.05, 3.63) is 32.3 Å². The smallest absolute Gasteiger partial charge is 0.272 e. The minimum atomic E-state index is -0.0268. The first-order valence-corrected chi connectivity index (χ1v) is 11.5. The standard InChI is InChI=1S/C20H23N5O2S2/c1-11-18(28-12(2)22-11)19(26)25(10-13-5-4-8-27-13)20-23-17-14-9-21-24(3)15(14)6-7-16(17)29-20/h9,13H,4-8,10H2,1-3H3. The zero-order valence-electron chi connectivity index (χ0n) is 16.8. The molecule has 0 N–H and O–H groups in total. The van der Waals surface area contributed by atoms with Crippen LogP contribution >= 0.6 is 22.7 Å². The third kappa shape index (κ3) is 3.31. The Balaban J connectivity index is 1.54. The van der Waals surface area contributed by atoms with Crippen molar-refractivity contribution in [2.45, 2.75) is 45.6 Å². The summed E-state index contributed by atoms with van der Waals surface area (Å²) in [5.74, 6) is -0.0268. The van der Waals surface area contributed by atoms with Crippen LogP contribution in [0.2, 0.25) is 0 Å². The number of carbonyl (C=O) groups is 1. The average molecular weight is 430 g/mol. The van der Waals surface area contributed by atoms with Gasteiger partial charge in [0.25, 0.3) is 5.91 Å². The largest absolute Gasteiger partial charge is 0.376 e. The Hall–Kier alpha value is -2.10. The van der Waals surface area contributed by atoms with Crippen LogP contribution in [0, 0.1) is 13.8 Å². The number of amides is 1. The van der Waals surface area contributed by atoms with E-state index in [1.165, 1.54) is 21.9 Å². The number of aryl methyl sites for hydroxylation is 4. The summed E-state index contributed by atoms with van der Waals surface area (Å²) in [7, 11) is 1.97. The van der Waals surface area contributed by atoms with Crippen LogP contribution in [-0.4, -0.2) is 44.9 Å². The monoisotopic (exact) mass is 429 g/mol. The van der Waals surface area contributed by atoms with Gasteiger partial charge in [-0.2, -0.15) is 5.10 Å². The molecule has 9 heteroatoms. The van der Waals surface area contributed by atoms with E-state index in [9.17, 15) is 4.79 Å². The summed E-state index contributed by atoms with van der Waals surface area (Å²) >= 11 is 3.07. The lowest BCUT2D eigenvalue weighted by Gasteiger charge is -2.22. The molecule has 1 aliphatic carbocycles. The minimum Gasteiger partial charge on any atom is -0.376 e. The molecule has 0 spiro atoms. The van der Waals surface area contributed by atoms with E-state index in [4.69, 9.17) is 9.72 Å². The fourth-order valence-electron chi connectivity index (χ4n) is 4.12. The van der Waals surface area contributed by atoms with Crippen molar-refractivity contribution in [1.82, 2.24) is 19.7 Å². The van der Waals surface area contributed by atoms with Crippen LogP contribution in [0.25, 0.3) is 11.3 Å². The van der Waals surface area contributed by atoms with Crippen LogP contribution < -0.4 is 4.90 Å². The average Bonchev–Trinajstić information content (AvgIpc) is 3.46. The van der Waals surface area contributed by atoms with E-state index in [0.29, 0.717) is 11.4 Å². The van der Waals surface area contributed by atoms with Gasteiger partial charge in [-0.05, 0) is 39.5 Å². The molecule has 1 unspecified atom stereocenters. The summed E-state index contributed by atoms with van der Waals surface area (Å²) in [6.45, 7) is 5.13. The molecule has 3 aromatic rings. The zero-order chi connectivity index (χ0) is 20.1. The fourth-order valence-corrected chi connectivity index (χ4v) is 6.07. The number of carbonyl (C=O) groups excluding carboxylic acids is 1. The van der Waals surface area contributed by atoms with Gasteiger partial charge in [-0.3, -0.25) is 14.4 Å². The summed E-state index contributed by atoms with van der Waals surface area (Å²) in [4.78, 5) is 26.6. The second-order valence-electron chi connectivity index (χ2n) is 7.59. The Morgan fingerprint density at radius 2 is 2.17 bits per heavy atom. The van der Waals surface area contributed by atoms with E-state index in [0.717, 1.165) is 59.4 Å². The number of hydrogen-bond acceptors (Lipinski definition) is 7. The molecule has 0 bridgehead atoms. The molecular formula is C20H23N5O2S2. The number of fused-ring (bicyclic) bond motifs is 3. The predicted octanol–water partition coefficient (Wildman–Crippen LogP) is 3.54. The Bertz CT molecular complexity index is 1080. The van der Waals surface area contributed by atoms with Gasteiger partial charge >= 0.3 is 0 Å². The van der Waals surface area contributed by atoms with Gasteiger partial charge in [0.1, 0.15) is 4.88 Å². The van der Waals surface area contributed by atoms with Crippen LogP contribution in [-0.2, 0) is 24.6 Å². The highest BCUT2D eigenvalue weighted by Gasteiger charge is 2.31. The normalized spacial score (nSPS) is 18.0. The molecule has 3 aromatic heterocycles. The van der Waals surface area contributed by atoms with Crippen LogP contribution in [0.1, 0.15) is 43.8 Å². The first-order chi connectivity index (χ1) is 14.0. The lowest BCUT2D eigenvalue weighted by Crippen LogP contribution is -2.37. The Morgan fingerprint density at radius 3 is 2.90 bits per heavy atom. The molecule has 7 nitrogen and oxygen atoms in total. The number of aromatic nitrogens is 4.